The summed E-state index contributed by atoms with van der Waals surface area (Å²) in [6, 6.07) is 20.2. The molecule has 0 spiro atoms. The van der Waals surface area contributed by atoms with Crippen LogP contribution in [0.25, 0.3) is 0 Å². The quantitative estimate of drug-likeness (QED) is 0.0605. The number of hydrogen-bond acceptors (Lipinski definition) is 9. The molecule has 0 bridgehead atoms. The van der Waals surface area contributed by atoms with Crippen molar-refractivity contribution in [3.63, 3.8) is 0 Å². The summed E-state index contributed by atoms with van der Waals surface area (Å²) in [7, 11) is 3.93. The molecule has 0 saturated carbocycles. The number of nitrogens with zero attached hydrogens (tertiary/aromatic N) is 4. The van der Waals surface area contributed by atoms with E-state index in [4.69, 9.17) is 0 Å². The van der Waals surface area contributed by atoms with Gasteiger partial charge in [0, 0.05) is 36.1 Å². The molecule has 2 atom stereocenters. The molecule has 7 amide bonds. The lowest BCUT2D eigenvalue weighted by molar-refractivity contribution is -0.136. The van der Waals surface area contributed by atoms with Crippen LogP contribution >= 0.6 is 0 Å². The second-order valence-corrected chi connectivity index (χ2v) is 16.8. The molecule has 1 fully saturated rings. The smallest absolute Gasteiger partial charge is 0.319 e. The number of nitrogens with one attached hydrogen (secondary N) is 4. The van der Waals surface area contributed by atoms with Crippen molar-refractivity contribution in [3.05, 3.63) is 117 Å². The van der Waals surface area contributed by atoms with Crippen molar-refractivity contribution in [1.29, 1.82) is 0 Å². The summed E-state index contributed by atoms with van der Waals surface area (Å²) in [5.41, 5.74) is 4.17. The van der Waals surface area contributed by atoms with Crippen molar-refractivity contribution in [2.75, 3.05) is 26.0 Å². The Morgan fingerprint density at radius 1 is 0.869 bits per heavy atom. The second-order valence-electron chi connectivity index (χ2n) is 16.8. The third kappa shape index (κ3) is 9.16. The summed E-state index contributed by atoms with van der Waals surface area (Å²) in [4.78, 5) is 94.8. The predicted octanol–water partition coefficient (Wildman–Crippen LogP) is 5.89. The first-order valence-corrected chi connectivity index (χ1v) is 20.9. The highest BCUT2D eigenvalue weighted by Gasteiger charge is 2.46. The lowest BCUT2D eigenvalue weighted by Crippen LogP contribution is -2.54. The van der Waals surface area contributed by atoms with Gasteiger partial charge in [-0.25, -0.2) is 4.79 Å². The number of hydrogen-bond donors (Lipinski definition) is 4. The molecule has 15 nitrogen and oxygen atoms in total. The normalized spacial score (nSPS) is 17.3. The predicted molar refractivity (Wildman–Crippen MR) is 227 cm³/mol. The zero-order valence-electron chi connectivity index (χ0n) is 35.0. The van der Waals surface area contributed by atoms with Crippen LogP contribution in [-0.2, 0) is 28.1 Å². The highest BCUT2D eigenvalue weighted by molar-refractivity contribution is 6.23. The van der Waals surface area contributed by atoms with E-state index in [1.165, 1.54) is 0 Å². The highest BCUT2D eigenvalue weighted by atomic mass is 16.2. The molecular weight excluding hydrogens is 777 g/mol. The number of Topliss-reactive ketones (excluding diaryl/α,β-unsaturated/α-hetero) is 1. The summed E-state index contributed by atoms with van der Waals surface area (Å²) in [5, 5.41) is 15.7. The largest absolute Gasteiger partial charge is 0.330 e. The average Bonchev–Trinajstić information content (AvgIpc) is 3.85. The first-order valence-electron chi connectivity index (χ1n) is 20.9. The van der Waals surface area contributed by atoms with Crippen molar-refractivity contribution in [3.8, 4) is 0 Å². The first kappa shape index (κ1) is 42.6. The van der Waals surface area contributed by atoms with Crippen LogP contribution < -0.4 is 16.0 Å². The Hall–Kier alpha value is -6.48. The van der Waals surface area contributed by atoms with Gasteiger partial charge in [0.15, 0.2) is 11.6 Å². The van der Waals surface area contributed by atoms with Gasteiger partial charge in [-0.2, -0.15) is 5.10 Å². The van der Waals surface area contributed by atoms with Crippen molar-refractivity contribution in [1.82, 2.24) is 35.5 Å². The maximum atomic E-state index is 13.7. The number of rotatable bonds is 16. The van der Waals surface area contributed by atoms with Gasteiger partial charge in [-0.1, -0.05) is 67.8 Å². The minimum Gasteiger partial charge on any atom is -0.330 e. The molecule has 3 aromatic carbocycles. The molecule has 1 saturated heterocycles. The number of likely N-dealkylation sites (N-methyl/N-ethyl adjacent to an activating group) is 1. The number of ketones is 1. The van der Waals surface area contributed by atoms with Gasteiger partial charge in [-0.15, -0.1) is 0 Å². The van der Waals surface area contributed by atoms with Crippen LogP contribution in [-0.4, -0.2) is 92.9 Å². The SMILES string of the molecule is CN(C)C[C@@H](NC(=O)N1Cc2c(NC(=O)c3ccc(C(=O)CCCCCCCc4ccc5c(c4)C(=O)N(C4CCC(=O)NC4=O)C5=O)cc3)n[nH]c2C1(C)C)c1ccccc1. The number of piperidine rings is 1. The minimum atomic E-state index is -0.988. The van der Waals surface area contributed by atoms with E-state index >= 15 is 0 Å². The molecule has 61 heavy (non-hydrogen) atoms. The van der Waals surface area contributed by atoms with Gasteiger partial charge in [-0.3, -0.25) is 44.1 Å². The average molecular weight is 829 g/mol. The molecule has 318 valence electrons. The number of urea groups is 1. The maximum absolute atomic E-state index is 13.7. The molecular formula is C46H52N8O7. The lowest BCUT2D eigenvalue weighted by atomic mass is 9.99. The van der Waals surface area contributed by atoms with Crippen molar-refractivity contribution in [2.24, 2.45) is 0 Å². The molecule has 4 N–H and O–H groups in total. The van der Waals surface area contributed by atoms with E-state index in [-0.39, 0.29) is 54.3 Å². The topological polar surface area (TPSA) is 194 Å². The molecule has 3 aliphatic rings. The molecule has 0 radical (unpaired) electrons. The van der Waals surface area contributed by atoms with E-state index < -0.39 is 35.2 Å². The number of amides is 7. The number of fused-ring (bicyclic) bond motifs is 2. The molecule has 4 aromatic rings. The number of anilines is 1. The van der Waals surface area contributed by atoms with Gasteiger partial charge < -0.3 is 20.4 Å². The summed E-state index contributed by atoms with van der Waals surface area (Å²) >= 11 is 0. The Morgan fingerprint density at radius 2 is 1.56 bits per heavy atom. The number of aryl methyl sites for hydroxylation is 1. The Balaban J connectivity index is 0.840. The minimum absolute atomic E-state index is 0.00136. The number of benzene rings is 3. The fraction of sp³-hybridized carbons (Fsp3) is 0.391. The van der Waals surface area contributed by atoms with Crippen LogP contribution in [0.1, 0.15) is 135 Å². The second kappa shape index (κ2) is 18.0. The van der Waals surface area contributed by atoms with E-state index in [2.05, 4.69) is 26.1 Å². The summed E-state index contributed by atoms with van der Waals surface area (Å²) in [6.45, 7) is 4.76. The van der Waals surface area contributed by atoms with E-state index in [1.807, 2.05) is 69.2 Å². The third-order valence-corrected chi connectivity index (χ3v) is 11.8. The van der Waals surface area contributed by atoms with Gasteiger partial charge in [0.1, 0.15) is 6.04 Å². The zero-order valence-corrected chi connectivity index (χ0v) is 35.0. The Labute approximate surface area is 354 Å². The summed E-state index contributed by atoms with van der Waals surface area (Å²) in [5.74, 6) is -2.08. The lowest BCUT2D eigenvalue weighted by Gasteiger charge is -2.34. The van der Waals surface area contributed by atoms with Crippen molar-refractivity contribution in [2.45, 2.75) is 95.8 Å². The number of aromatic nitrogens is 2. The number of unbranched alkanes of at least 4 members (excludes halogenated alkanes) is 4. The standard InChI is InChI=1S/C46H52N8O7/c1-46(2)39-34(26-53(46)45(61)47-35(27-52(3)4)29-14-10-8-11-15-29)40(51-50-39)49-41(57)31-20-18-30(19-21-31)37(55)16-12-7-5-6-9-13-28-17-22-32-33(25-28)44(60)54(43(32)59)36-23-24-38(56)48-42(36)58/h8,10-11,14-15,17-22,25,35-36H,5-7,9,12-13,16,23-24,26-27H2,1-4H3,(H,47,61)(H,48,56,58)(H2,49,50,51,57)/t35-,36?/m1/s1. The number of carbonyl (C=O) groups is 7. The molecule has 0 aliphatic carbocycles. The first-order chi connectivity index (χ1) is 29.2. The monoisotopic (exact) mass is 828 g/mol. The Kier molecular flexibility index (Phi) is 12.6. The van der Waals surface area contributed by atoms with Gasteiger partial charge >= 0.3 is 6.03 Å². The van der Waals surface area contributed by atoms with Crippen LogP contribution in [0.2, 0.25) is 0 Å². The van der Waals surface area contributed by atoms with E-state index in [0.29, 0.717) is 29.9 Å². The van der Waals surface area contributed by atoms with E-state index in [0.717, 1.165) is 65.8 Å². The van der Waals surface area contributed by atoms with Crippen molar-refractivity contribution >= 4 is 47.2 Å². The van der Waals surface area contributed by atoms with Gasteiger partial charge in [0.25, 0.3) is 17.7 Å². The van der Waals surface area contributed by atoms with Gasteiger partial charge in [0.05, 0.1) is 34.9 Å². The van der Waals surface area contributed by atoms with E-state index in [9.17, 15) is 33.6 Å². The Bertz CT molecular complexity index is 2350. The summed E-state index contributed by atoms with van der Waals surface area (Å²) in [6.07, 6.45) is 5.62. The highest BCUT2D eigenvalue weighted by Crippen LogP contribution is 2.41. The fourth-order valence-corrected chi connectivity index (χ4v) is 8.41. The van der Waals surface area contributed by atoms with Gasteiger partial charge in [0.2, 0.25) is 11.8 Å². The third-order valence-electron chi connectivity index (χ3n) is 11.8. The summed E-state index contributed by atoms with van der Waals surface area (Å²) < 4.78 is 0. The molecule has 1 aromatic heterocycles. The van der Waals surface area contributed by atoms with E-state index in [1.54, 1.807) is 41.3 Å². The molecule has 15 heteroatoms. The molecule has 1 unspecified atom stereocenters. The Morgan fingerprint density at radius 3 is 2.28 bits per heavy atom. The number of imide groups is 2. The van der Waals surface area contributed by atoms with Crippen LogP contribution in [0.15, 0.2) is 72.8 Å². The number of H-pyrrole nitrogens is 1. The van der Waals surface area contributed by atoms with Crippen LogP contribution in [0.4, 0.5) is 10.6 Å². The van der Waals surface area contributed by atoms with Crippen LogP contribution in [0, 0.1) is 0 Å². The zero-order chi connectivity index (χ0) is 43.4. The molecule has 7 rings (SSSR count). The van der Waals surface area contributed by atoms with Crippen LogP contribution in [0.3, 0.4) is 0 Å². The number of carbonyl (C=O) groups excluding carboxylic acids is 7. The fourth-order valence-electron chi connectivity index (χ4n) is 8.41. The molecule has 4 heterocycles. The molecule has 3 aliphatic heterocycles. The van der Waals surface area contributed by atoms with Gasteiger partial charge in [-0.05, 0) is 89.0 Å². The van der Waals surface area contributed by atoms with Crippen LogP contribution in [0.5, 0.6) is 0 Å². The number of aromatic amines is 1. The maximum Gasteiger partial charge on any atom is 0.319 e. The van der Waals surface area contributed by atoms with Crippen molar-refractivity contribution < 1.29 is 33.6 Å².